The second-order valence-corrected chi connectivity index (χ2v) is 4.27. The van der Waals surface area contributed by atoms with Crippen molar-refractivity contribution in [3.05, 3.63) is 23.5 Å². The van der Waals surface area contributed by atoms with Crippen LogP contribution in [0.2, 0.25) is 0 Å². The van der Waals surface area contributed by atoms with Gasteiger partial charge in [-0.15, -0.1) is 0 Å². The number of ether oxygens (including phenoxy) is 1. The van der Waals surface area contributed by atoms with Crippen molar-refractivity contribution in [1.29, 1.82) is 0 Å². The molecule has 0 radical (unpaired) electrons. The Kier molecular flexibility index (Phi) is 1.79. The normalized spacial score (nSPS) is 19.0. The van der Waals surface area contributed by atoms with Gasteiger partial charge in [0, 0.05) is 6.20 Å². The summed E-state index contributed by atoms with van der Waals surface area (Å²) in [7, 11) is 0. The molecule has 1 aromatic rings. The second kappa shape index (κ2) is 2.72. The molecule has 0 bridgehead atoms. The SMILES string of the molecule is Cc1ccnc2c1OC(C)(C)CC2. The van der Waals surface area contributed by atoms with Crippen molar-refractivity contribution in [2.75, 3.05) is 0 Å². The molecule has 0 amide bonds. The quantitative estimate of drug-likeness (QED) is 0.607. The van der Waals surface area contributed by atoms with Gasteiger partial charge in [0.2, 0.25) is 0 Å². The molecule has 70 valence electrons. The van der Waals surface area contributed by atoms with Gasteiger partial charge in [-0.25, -0.2) is 0 Å². The van der Waals surface area contributed by atoms with Gasteiger partial charge >= 0.3 is 0 Å². The van der Waals surface area contributed by atoms with Crippen LogP contribution in [0.5, 0.6) is 5.75 Å². The first-order chi connectivity index (χ1) is 6.08. The van der Waals surface area contributed by atoms with Gasteiger partial charge in [0.05, 0.1) is 5.69 Å². The zero-order valence-corrected chi connectivity index (χ0v) is 8.42. The Morgan fingerprint density at radius 3 is 3.00 bits per heavy atom. The van der Waals surface area contributed by atoms with Crippen LogP contribution in [-0.2, 0) is 6.42 Å². The fourth-order valence-electron chi connectivity index (χ4n) is 1.67. The average molecular weight is 177 g/mol. The summed E-state index contributed by atoms with van der Waals surface area (Å²) in [4.78, 5) is 4.32. The molecule has 0 saturated heterocycles. The van der Waals surface area contributed by atoms with Crippen molar-refractivity contribution in [3.63, 3.8) is 0 Å². The van der Waals surface area contributed by atoms with E-state index in [0.29, 0.717) is 0 Å². The van der Waals surface area contributed by atoms with E-state index in [1.54, 1.807) is 0 Å². The molecule has 2 rings (SSSR count). The fourth-order valence-corrected chi connectivity index (χ4v) is 1.67. The van der Waals surface area contributed by atoms with E-state index in [1.807, 2.05) is 12.3 Å². The van der Waals surface area contributed by atoms with Crippen LogP contribution in [0.3, 0.4) is 0 Å². The maximum absolute atomic E-state index is 5.89. The number of hydrogen-bond acceptors (Lipinski definition) is 2. The van der Waals surface area contributed by atoms with E-state index >= 15 is 0 Å². The largest absolute Gasteiger partial charge is 0.486 e. The van der Waals surface area contributed by atoms with Crippen molar-refractivity contribution in [2.24, 2.45) is 0 Å². The van der Waals surface area contributed by atoms with E-state index in [4.69, 9.17) is 4.74 Å². The lowest BCUT2D eigenvalue weighted by molar-refractivity contribution is 0.0820. The number of aromatic nitrogens is 1. The average Bonchev–Trinajstić information content (AvgIpc) is 2.06. The fraction of sp³-hybridized carbons (Fsp3) is 0.545. The van der Waals surface area contributed by atoms with Gasteiger partial charge < -0.3 is 4.74 Å². The molecule has 2 heteroatoms. The number of pyridine rings is 1. The Morgan fingerprint density at radius 2 is 2.23 bits per heavy atom. The van der Waals surface area contributed by atoms with E-state index in [1.165, 1.54) is 5.56 Å². The number of hydrogen-bond donors (Lipinski definition) is 0. The maximum atomic E-state index is 5.89. The maximum Gasteiger partial charge on any atom is 0.144 e. The third-order valence-corrected chi connectivity index (χ3v) is 2.52. The van der Waals surface area contributed by atoms with E-state index in [0.717, 1.165) is 24.3 Å². The van der Waals surface area contributed by atoms with Gasteiger partial charge in [-0.05, 0) is 45.2 Å². The Balaban J connectivity index is 2.44. The molecule has 2 nitrogen and oxygen atoms in total. The Labute approximate surface area is 78.9 Å². The van der Waals surface area contributed by atoms with Crippen LogP contribution in [0.15, 0.2) is 12.3 Å². The molecule has 0 aliphatic carbocycles. The number of aryl methyl sites for hydroxylation is 2. The molecule has 1 aromatic heterocycles. The standard InChI is InChI=1S/C11H15NO/c1-8-5-7-12-9-4-6-11(2,3)13-10(8)9/h5,7H,4,6H2,1-3H3. The highest BCUT2D eigenvalue weighted by Gasteiger charge is 2.27. The molecule has 0 fully saturated rings. The zero-order valence-electron chi connectivity index (χ0n) is 8.42. The van der Waals surface area contributed by atoms with Gasteiger partial charge in [-0.1, -0.05) is 0 Å². The molecule has 1 aliphatic rings. The molecule has 13 heavy (non-hydrogen) atoms. The van der Waals surface area contributed by atoms with E-state index in [2.05, 4.69) is 25.8 Å². The number of nitrogens with zero attached hydrogens (tertiary/aromatic N) is 1. The summed E-state index contributed by atoms with van der Waals surface area (Å²) in [6, 6.07) is 2.00. The third kappa shape index (κ3) is 1.53. The number of rotatable bonds is 0. The van der Waals surface area contributed by atoms with Crippen molar-refractivity contribution in [3.8, 4) is 5.75 Å². The molecule has 1 aliphatic heterocycles. The van der Waals surface area contributed by atoms with Crippen LogP contribution in [0.1, 0.15) is 31.5 Å². The van der Waals surface area contributed by atoms with Crippen LogP contribution in [-0.4, -0.2) is 10.6 Å². The first kappa shape index (κ1) is 8.54. The van der Waals surface area contributed by atoms with Gasteiger partial charge in [0.15, 0.2) is 0 Å². The molecular formula is C11H15NO. The predicted octanol–water partition coefficient (Wildman–Crippen LogP) is 2.49. The van der Waals surface area contributed by atoms with Crippen molar-refractivity contribution < 1.29 is 4.74 Å². The lowest BCUT2D eigenvalue weighted by Crippen LogP contribution is -2.33. The highest BCUT2D eigenvalue weighted by Crippen LogP contribution is 2.33. The van der Waals surface area contributed by atoms with E-state index in [-0.39, 0.29) is 5.60 Å². The summed E-state index contributed by atoms with van der Waals surface area (Å²) < 4.78 is 5.89. The highest BCUT2D eigenvalue weighted by molar-refractivity contribution is 5.38. The summed E-state index contributed by atoms with van der Waals surface area (Å²) in [5, 5.41) is 0. The molecule has 2 heterocycles. The monoisotopic (exact) mass is 177 g/mol. The Hall–Kier alpha value is -1.05. The summed E-state index contributed by atoms with van der Waals surface area (Å²) >= 11 is 0. The second-order valence-electron chi connectivity index (χ2n) is 4.27. The highest BCUT2D eigenvalue weighted by atomic mass is 16.5. The first-order valence-electron chi connectivity index (χ1n) is 4.72. The minimum atomic E-state index is -0.0270. The van der Waals surface area contributed by atoms with Crippen molar-refractivity contribution in [2.45, 2.75) is 39.2 Å². The lowest BCUT2D eigenvalue weighted by Gasteiger charge is -2.32. The minimum absolute atomic E-state index is 0.0270. The minimum Gasteiger partial charge on any atom is -0.486 e. The summed E-state index contributed by atoms with van der Waals surface area (Å²) in [5.74, 6) is 0.999. The van der Waals surface area contributed by atoms with E-state index in [9.17, 15) is 0 Å². The topological polar surface area (TPSA) is 22.1 Å². The van der Waals surface area contributed by atoms with Gasteiger partial charge in [0.25, 0.3) is 0 Å². The van der Waals surface area contributed by atoms with Crippen LogP contribution >= 0.6 is 0 Å². The number of fused-ring (bicyclic) bond motifs is 1. The molecule has 0 atom stereocenters. The molecule has 0 spiro atoms. The molecule has 0 N–H and O–H groups in total. The molecule has 0 unspecified atom stereocenters. The molecule has 0 aromatic carbocycles. The van der Waals surface area contributed by atoms with Crippen LogP contribution < -0.4 is 4.74 Å². The van der Waals surface area contributed by atoms with Crippen LogP contribution in [0, 0.1) is 6.92 Å². The predicted molar refractivity (Wildman–Crippen MR) is 52.0 cm³/mol. The zero-order chi connectivity index (χ0) is 9.47. The van der Waals surface area contributed by atoms with Crippen molar-refractivity contribution >= 4 is 0 Å². The lowest BCUT2D eigenvalue weighted by atomic mass is 9.96. The summed E-state index contributed by atoms with van der Waals surface area (Å²) in [6.45, 7) is 6.33. The smallest absolute Gasteiger partial charge is 0.144 e. The molecule has 0 saturated carbocycles. The first-order valence-corrected chi connectivity index (χ1v) is 4.72. The van der Waals surface area contributed by atoms with Gasteiger partial charge in [0.1, 0.15) is 11.4 Å². The van der Waals surface area contributed by atoms with Gasteiger partial charge in [-0.3, -0.25) is 4.98 Å². The van der Waals surface area contributed by atoms with Gasteiger partial charge in [-0.2, -0.15) is 0 Å². The van der Waals surface area contributed by atoms with E-state index < -0.39 is 0 Å². The third-order valence-electron chi connectivity index (χ3n) is 2.52. The summed E-state index contributed by atoms with van der Waals surface area (Å²) in [5.41, 5.74) is 2.28. The summed E-state index contributed by atoms with van der Waals surface area (Å²) in [6.07, 6.45) is 3.94. The Morgan fingerprint density at radius 1 is 1.46 bits per heavy atom. The van der Waals surface area contributed by atoms with Crippen molar-refractivity contribution in [1.82, 2.24) is 4.98 Å². The van der Waals surface area contributed by atoms with Crippen LogP contribution in [0.4, 0.5) is 0 Å². The van der Waals surface area contributed by atoms with Crippen LogP contribution in [0.25, 0.3) is 0 Å². The molecular weight excluding hydrogens is 162 g/mol. The Bertz CT molecular complexity index is 331.